The van der Waals surface area contributed by atoms with Crippen molar-refractivity contribution in [1.82, 2.24) is 9.97 Å². The third-order valence-electron chi connectivity index (χ3n) is 3.77. The first-order valence-corrected chi connectivity index (χ1v) is 7.14. The van der Waals surface area contributed by atoms with Crippen LogP contribution in [0.15, 0.2) is 6.33 Å². The molecule has 0 saturated heterocycles. The molecule has 0 bridgehead atoms. The van der Waals surface area contributed by atoms with E-state index in [1.165, 1.54) is 36.2 Å². The van der Waals surface area contributed by atoms with E-state index >= 15 is 0 Å². The molecule has 3 heteroatoms. The van der Waals surface area contributed by atoms with Crippen molar-refractivity contribution in [3.8, 4) is 0 Å². The van der Waals surface area contributed by atoms with Crippen LogP contribution in [-0.4, -0.2) is 15.3 Å². The van der Waals surface area contributed by atoms with Crippen molar-refractivity contribution in [1.29, 1.82) is 0 Å². The van der Waals surface area contributed by atoms with Gasteiger partial charge < -0.3 is 0 Å². The van der Waals surface area contributed by atoms with Crippen LogP contribution in [0.1, 0.15) is 62.4 Å². The van der Waals surface area contributed by atoms with Crippen molar-refractivity contribution < 1.29 is 0 Å². The Morgan fingerprint density at radius 2 is 2.00 bits per heavy atom. The van der Waals surface area contributed by atoms with Gasteiger partial charge in [0.1, 0.15) is 6.33 Å². The van der Waals surface area contributed by atoms with Gasteiger partial charge in [-0.15, -0.1) is 11.6 Å². The zero-order valence-corrected chi connectivity index (χ0v) is 11.5. The molecule has 0 saturated carbocycles. The standard InChI is InChI=1S/C14H21ClN2/c1-3-12(15)10(2)14-11-7-5-4-6-8-13(11)16-9-17-14/h9-10,12H,3-8H2,1-2H3. The summed E-state index contributed by atoms with van der Waals surface area (Å²) in [5, 5.41) is 0.178. The number of rotatable bonds is 3. The number of aromatic nitrogens is 2. The Labute approximate surface area is 109 Å². The van der Waals surface area contributed by atoms with Crippen LogP contribution in [0.4, 0.5) is 0 Å². The van der Waals surface area contributed by atoms with Crippen LogP contribution in [0.25, 0.3) is 0 Å². The van der Waals surface area contributed by atoms with Crippen LogP contribution < -0.4 is 0 Å². The van der Waals surface area contributed by atoms with E-state index in [0.29, 0.717) is 5.92 Å². The molecule has 0 fully saturated rings. The molecule has 94 valence electrons. The maximum Gasteiger partial charge on any atom is 0.115 e. The molecule has 17 heavy (non-hydrogen) atoms. The van der Waals surface area contributed by atoms with Crippen LogP contribution in [-0.2, 0) is 12.8 Å². The normalized spacial score (nSPS) is 19.2. The first kappa shape index (κ1) is 12.8. The van der Waals surface area contributed by atoms with Gasteiger partial charge in [0.15, 0.2) is 0 Å². The van der Waals surface area contributed by atoms with Crippen LogP contribution in [0, 0.1) is 0 Å². The van der Waals surface area contributed by atoms with Gasteiger partial charge in [0, 0.05) is 17.0 Å². The summed E-state index contributed by atoms with van der Waals surface area (Å²) in [4.78, 5) is 8.96. The smallest absolute Gasteiger partial charge is 0.115 e. The number of nitrogens with zero attached hydrogens (tertiary/aromatic N) is 2. The Balaban J connectivity index is 2.34. The molecule has 0 N–H and O–H groups in total. The van der Waals surface area contributed by atoms with Gasteiger partial charge in [0.25, 0.3) is 0 Å². The quantitative estimate of drug-likeness (QED) is 0.603. The molecule has 2 unspecified atom stereocenters. The van der Waals surface area contributed by atoms with Crippen LogP contribution >= 0.6 is 11.6 Å². The molecule has 1 aromatic heterocycles. The van der Waals surface area contributed by atoms with E-state index in [9.17, 15) is 0 Å². The van der Waals surface area contributed by atoms with E-state index in [1.54, 1.807) is 6.33 Å². The average Bonchev–Trinajstić information content (AvgIpc) is 2.61. The Morgan fingerprint density at radius 1 is 1.24 bits per heavy atom. The minimum atomic E-state index is 0.178. The van der Waals surface area contributed by atoms with Gasteiger partial charge in [-0.25, -0.2) is 9.97 Å². The van der Waals surface area contributed by atoms with E-state index in [1.807, 2.05) is 0 Å². The second kappa shape index (κ2) is 5.81. The van der Waals surface area contributed by atoms with Gasteiger partial charge in [-0.05, 0) is 37.7 Å². The molecule has 1 aromatic rings. The highest BCUT2D eigenvalue weighted by Gasteiger charge is 2.22. The summed E-state index contributed by atoms with van der Waals surface area (Å²) < 4.78 is 0. The van der Waals surface area contributed by atoms with Gasteiger partial charge >= 0.3 is 0 Å². The summed E-state index contributed by atoms with van der Waals surface area (Å²) in [5.74, 6) is 0.330. The number of hydrogen-bond donors (Lipinski definition) is 0. The second-order valence-corrected chi connectivity index (χ2v) is 5.52. The lowest BCUT2D eigenvalue weighted by molar-refractivity contribution is 0.640. The molecule has 0 radical (unpaired) electrons. The lowest BCUT2D eigenvalue weighted by Crippen LogP contribution is -2.14. The average molecular weight is 253 g/mol. The van der Waals surface area contributed by atoms with Crippen molar-refractivity contribution in [3.63, 3.8) is 0 Å². The van der Waals surface area contributed by atoms with E-state index in [2.05, 4.69) is 23.8 Å². The fourth-order valence-electron chi connectivity index (χ4n) is 2.64. The summed E-state index contributed by atoms with van der Waals surface area (Å²) in [6.07, 6.45) is 8.77. The molecule has 1 aliphatic carbocycles. The number of aryl methyl sites for hydroxylation is 1. The van der Waals surface area contributed by atoms with Crippen molar-refractivity contribution in [2.24, 2.45) is 0 Å². The lowest BCUT2D eigenvalue weighted by Gasteiger charge is -2.19. The highest BCUT2D eigenvalue weighted by Crippen LogP contribution is 2.30. The topological polar surface area (TPSA) is 25.8 Å². The maximum absolute atomic E-state index is 6.37. The van der Waals surface area contributed by atoms with E-state index in [4.69, 9.17) is 11.6 Å². The van der Waals surface area contributed by atoms with Crippen molar-refractivity contribution >= 4 is 11.6 Å². The first-order valence-electron chi connectivity index (χ1n) is 6.70. The molecule has 1 heterocycles. The summed E-state index contributed by atoms with van der Waals surface area (Å²) in [6, 6.07) is 0. The minimum Gasteiger partial charge on any atom is -0.241 e. The first-order chi connectivity index (χ1) is 8.24. The van der Waals surface area contributed by atoms with Crippen molar-refractivity contribution in [3.05, 3.63) is 23.3 Å². The third kappa shape index (κ3) is 2.79. The molecule has 0 amide bonds. The highest BCUT2D eigenvalue weighted by molar-refractivity contribution is 6.21. The summed E-state index contributed by atoms with van der Waals surface area (Å²) in [6.45, 7) is 4.32. The Hall–Kier alpha value is -0.630. The Kier molecular flexibility index (Phi) is 4.38. The Morgan fingerprint density at radius 3 is 2.76 bits per heavy atom. The predicted molar refractivity (Wildman–Crippen MR) is 71.6 cm³/mol. The van der Waals surface area contributed by atoms with Crippen LogP contribution in [0.3, 0.4) is 0 Å². The maximum atomic E-state index is 6.37. The molecule has 2 nitrogen and oxygen atoms in total. The van der Waals surface area contributed by atoms with Crippen LogP contribution in [0.2, 0.25) is 0 Å². The highest BCUT2D eigenvalue weighted by atomic mass is 35.5. The molecule has 2 rings (SSSR count). The molecule has 1 aliphatic rings. The molecular weight excluding hydrogens is 232 g/mol. The molecule has 2 atom stereocenters. The fraction of sp³-hybridized carbons (Fsp3) is 0.714. The minimum absolute atomic E-state index is 0.178. The number of fused-ring (bicyclic) bond motifs is 1. The molecule has 0 spiro atoms. The predicted octanol–water partition coefficient (Wildman–Crippen LogP) is 3.87. The summed E-state index contributed by atoms with van der Waals surface area (Å²) in [5.41, 5.74) is 3.84. The summed E-state index contributed by atoms with van der Waals surface area (Å²) >= 11 is 6.37. The van der Waals surface area contributed by atoms with Gasteiger partial charge in [-0.3, -0.25) is 0 Å². The van der Waals surface area contributed by atoms with Gasteiger partial charge in [0.05, 0.1) is 5.69 Å². The van der Waals surface area contributed by atoms with Crippen molar-refractivity contribution in [2.75, 3.05) is 0 Å². The zero-order chi connectivity index (χ0) is 12.3. The van der Waals surface area contributed by atoms with Crippen LogP contribution in [0.5, 0.6) is 0 Å². The number of hydrogen-bond acceptors (Lipinski definition) is 2. The molecule has 0 aliphatic heterocycles. The van der Waals surface area contributed by atoms with Gasteiger partial charge in [-0.1, -0.05) is 20.3 Å². The third-order valence-corrected chi connectivity index (χ3v) is 4.46. The Bertz CT molecular complexity index is 378. The number of halogens is 1. The van der Waals surface area contributed by atoms with Gasteiger partial charge in [-0.2, -0.15) is 0 Å². The lowest BCUT2D eigenvalue weighted by atomic mass is 9.94. The fourth-order valence-corrected chi connectivity index (χ4v) is 2.76. The summed E-state index contributed by atoms with van der Waals surface area (Å²) in [7, 11) is 0. The van der Waals surface area contributed by atoms with E-state index in [0.717, 1.165) is 19.3 Å². The van der Waals surface area contributed by atoms with Crippen molar-refractivity contribution in [2.45, 2.75) is 63.7 Å². The monoisotopic (exact) mass is 252 g/mol. The number of alkyl halides is 1. The van der Waals surface area contributed by atoms with E-state index in [-0.39, 0.29) is 5.38 Å². The second-order valence-electron chi connectivity index (χ2n) is 4.96. The molecule has 0 aromatic carbocycles. The van der Waals surface area contributed by atoms with E-state index < -0.39 is 0 Å². The zero-order valence-electron chi connectivity index (χ0n) is 10.7. The van der Waals surface area contributed by atoms with Gasteiger partial charge in [0.2, 0.25) is 0 Å². The largest absolute Gasteiger partial charge is 0.241 e. The SMILES string of the molecule is CCC(Cl)C(C)c1ncnc2c1CCCCC2. The molecular formula is C14H21ClN2.